The Labute approximate surface area is 352 Å². The fourth-order valence-electron chi connectivity index (χ4n) is 0. The predicted octanol–water partition coefficient (Wildman–Crippen LogP) is -0.200. The van der Waals surface area contributed by atoms with E-state index in [1.54, 1.807) is 64.9 Å². The zero-order valence-electron chi connectivity index (χ0n) is 7.93. The van der Waals surface area contributed by atoms with E-state index in [0.717, 1.165) is 19.4 Å². The molecule has 18 heteroatoms. The summed E-state index contributed by atoms with van der Waals surface area (Å²) in [6.45, 7) is 0. The maximum absolute atomic E-state index is 4.58. The van der Waals surface area contributed by atoms with Crippen molar-refractivity contribution in [2.75, 3.05) is 0 Å². The molecular weight excluding hydrogens is 3320 g/mol. The molecule has 0 spiro atoms. The summed E-state index contributed by atoms with van der Waals surface area (Å²) in [4.78, 5) is 4.58. The van der Waals surface area contributed by atoms with Gasteiger partial charge in [-0.25, -0.2) is 0 Å². The Hall–Kier alpha value is 12.3. The fraction of sp³-hybridized carbons (Fsp3) is 0. The standard InChI is InChI=1S/CH.18W/h1H;;;;;;;;;;;;;;;;;;/q-1;;;;;;;;;;;;;;;;;;. The first-order valence-corrected chi connectivity index (χ1v) is 24.3. The molecular formula is CHW18-. The van der Waals surface area contributed by atoms with Crippen molar-refractivity contribution < 1.29 is 358 Å². The second-order valence-corrected chi connectivity index (χ2v) is 0. The van der Waals surface area contributed by atoms with Gasteiger partial charge in [0.05, 0.1) is 0 Å². The fourth-order valence-corrected chi connectivity index (χ4v) is 0. The van der Waals surface area contributed by atoms with Gasteiger partial charge in [0, 0.05) is 274 Å². The zero-order chi connectivity index (χ0) is 6.00. The third-order valence-electron chi connectivity index (χ3n) is 0. The van der Waals surface area contributed by atoms with E-state index in [0.29, 0.717) is 0 Å². The van der Waals surface area contributed by atoms with E-state index >= 15 is 0 Å². The molecule has 0 rings (SSSR count). The van der Waals surface area contributed by atoms with Crippen molar-refractivity contribution in [2.24, 2.45) is 0 Å². The van der Waals surface area contributed by atoms with Crippen LogP contribution in [0.5, 0.6) is 0 Å². The van der Waals surface area contributed by atoms with Crippen molar-refractivity contribution in [3.8, 4) is 0 Å². The van der Waals surface area contributed by atoms with Gasteiger partial charge in [0.15, 0.2) is 0 Å². The Morgan fingerprint density at radius 1 is 0.263 bits per heavy atom. The van der Waals surface area contributed by atoms with E-state index in [1.807, 2.05) is 0 Å². The SMILES string of the molecule is [CH-]=[W].[W].[W].[W].[W].[W].[W].[W].[W].[W].[W].[W].[W].[W].[W]=[W].[W]=[W]. The molecule has 0 N–H and O–H groups in total. The summed E-state index contributed by atoms with van der Waals surface area (Å²) in [6, 6.07) is 0. The summed E-state index contributed by atoms with van der Waals surface area (Å²) in [5.74, 6) is 0. The number of rotatable bonds is 0. The Morgan fingerprint density at radius 3 is 0.263 bits per heavy atom. The molecule has 0 radical (unpaired) electrons. The average molecular weight is 3320 g/mol. The molecule has 114 valence electrons. The van der Waals surface area contributed by atoms with Crippen molar-refractivity contribution in [1.29, 1.82) is 0 Å². The van der Waals surface area contributed by atoms with Crippen LogP contribution in [0, 0.1) is 0 Å². The van der Waals surface area contributed by atoms with E-state index in [2.05, 4.69) is 4.90 Å². The second-order valence-electron chi connectivity index (χ2n) is 0. The average Bonchev–Trinajstić information content (AvgIpc) is 1.81. The second kappa shape index (κ2) is 172. The third kappa shape index (κ3) is 161. The van der Waals surface area contributed by atoms with Gasteiger partial charge in [-0.15, -0.1) is 0 Å². The molecule has 0 saturated carbocycles. The molecule has 0 aliphatic carbocycles. The summed E-state index contributed by atoms with van der Waals surface area (Å²) < 4.78 is 0. The van der Waals surface area contributed by atoms with Crippen LogP contribution >= 0.6 is 0 Å². The van der Waals surface area contributed by atoms with E-state index < -0.39 is 0 Å². The van der Waals surface area contributed by atoms with Gasteiger partial charge in [-0.2, -0.15) is 0 Å². The Kier molecular flexibility index (Phi) is 1120. The molecule has 0 amide bonds. The van der Waals surface area contributed by atoms with Crippen molar-refractivity contribution in [2.45, 2.75) is 0 Å². The van der Waals surface area contributed by atoms with E-state index in [1.165, 1.54) is 0 Å². The first kappa shape index (κ1) is 123. The van der Waals surface area contributed by atoms with Crippen LogP contribution in [0.3, 0.4) is 0 Å². The van der Waals surface area contributed by atoms with Gasteiger partial charge in [0.1, 0.15) is 0 Å². The van der Waals surface area contributed by atoms with Crippen LogP contribution in [-0.2, 0) is 358 Å². The quantitative estimate of drug-likeness (QED) is 0.296. The zero-order valence-corrected chi connectivity index (χ0v) is 60.7. The van der Waals surface area contributed by atoms with Gasteiger partial charge in [0.2, 0.25) is 0 Å². The molecule has 0 fully saturated rings. The van der Waals surface area contributed by atoms with Gasteiger partial charge in [0.25, 0.3) is 0 Å². The molecule has 0 aliphatic rings. The van der Waals surface area contributed by atoms with Crippen LogP contribution in [0.4, 0.5) is 0 Å². The first-order chi connectivity index (χ1) is 3.00. The number of hydrogen-bond donors (Lipinski definition) is 0. The van der Waals surface area contributed by atoms with Gasteiger partial charge in [-0.3, -0.25) is 0 Å². The molecule has 0 unspecified atom stereocenters. The molecule has 0 aliphatic heterocycles. The van der Waals surface area contributed by atoms with Crippen LogP contribution in [0.25, 0.3) is 0 Å². The molecule has 0 saturated heterocycles. The van der Waals surface area contributed by atoms with E-state index in [4.69, 9.17) is 0 Å². The summed E-state index contributed by atoms with van der Waals surface area (Å²) in [5, 5.41) is 0. The van der Waals surface area contributed by atoms with Gasteiger partial charge in [-0.05, 0) is 0 Å². The van der Waals surface area contributed by atoms with Gasteiger partial charge < -0.3 is 0 Å². The summed E-state index contributed by atoms with van der Waals surface area (Å²) in [5.41, 5.74) is 0. The van der Waals surface area contributed by atoms with Crippen LogP contribution < -0.4 is 0 Å². The molecule has 0 aromatic rings. The Morgan fingerprint density at radius 2 is 0.263 bits per heavy atom. The summed E-state index contributed by atoms with van der Waals surface area (Å²) >= 11 is 7.75. The van der Waals surface area contributed by atoms with Crippen LogP contribution in [0.1, 0.15) is 0 Å². The molecule has 19 heavy (non-hydrogen) atoms. The summed E-state index contributed by atoms with van der Waals surface area (Å²) in [6.07, 6.45) is 0. The van der Waals surface area contributed by atoms with Gasteiger partial charge in [-0.1, -0.05) is 0 Å². The van der Waals surface area contributed by atoms with Crippen molar-refractivity contribution >= 4 is 4.90 Å². The van der Waals surface area contributed by atoms with E-state index in [9.17, 15) is 0 Å². The van der Waals surface area contributed by atoms with E-state index in [-0.39, 0.29) is 274 Å². The van der Waals surface area contributed by atoms with Crippen molar-refractivity contribution in [3.05, 3.63) is 0 Å². The molecule has 0 aromatic heterocycles. The Balaban J connectivity index is -0.000000000378. The predicted molar refractivity (Wildman–Crippen MR) is 6.06 cm³/mol. The molecule has 0 heterocycles. The molecule has 0 atom stereocenters. The van der Waals surface area contributed by atoms with Crippen molar-refractivity contribution in [1.82, 2.24) is 0 Å². The third-order valence-corrected chi connectivity index (χ3v) is 0. The van der Waals surface area contributed by atoms with Crippen LogP contribution in [-0.4, -0.2) is 4.90 Å². The minimum absolute atomic E-state index is 0. The monoisotopic (exact) mass is 3320 g/mol. The molecule has 0 aromatic carbocycles. The topological polar surface area (TPSA) is 0 Å². The first-order valence-electron chi connectivity index (χ1n) is 0.569. The van der Waals surface area contributed by atoms with Crippen molar-refractivity contribution in [3.63, 3.8) is 0 Å². The number of hydrogen-bond acceptors (Lipinski definition) is 0. The van der Waals surface area contributed by atoms with Gasteiger partial charge >= 0.3 is 89.1 Å². The molecule has 0 bridgehead atoms. The Bertz CT molecular complexity index is 10.4. The summed E-state index contributed by atoms with van der Waals surface area (Å²) in [7, 11) is 0. The maximum atomic E-state index is 4.58. The normalized spacial score (nSPS) is 0.632. The van der Waals surface area contributed by atoms with Crippen LogP contribution in [0.15, 0.2) is 0 Å². The minimum atomic E-state index is 0. The molecule has 0 nitrogen and oxygen atoms in total. The van der Waals surface area contributed by atoms with Crippen LogP contribution in [0.2, 0.25) is 0 Å².